The lowest BCUT2D eigenvalue weighted by atomic mass is 9.85. The van der Waals surface area contributed by atoms with Gasteiger partial charge in [0.05, 0.1) is 10.6 Å². The van der Waals surface area contributed by atoms with Crippen molar-refractivity contribution in [1.29, 1.82) is 0 Å². The third-order valence-electron chi connectivity index (χ3n) is 6.74. The van der Waals surface area contributed by atoms with Crippen LogP contribution in [0.15, 0.2) is 35.2 Å². The Morgan fingerprint density at radius 2 is 1.42 bits per heavy atom. The number of aromatic hydroxyl groups is 1. The highest BCUT2D eigenvalue weighted by molar-refractivity contribution is 7.91. The van der Waals surface area contributed by atoms with Gasteiger partial charge in [-0.3, -0.25) is 0 Å². The SMILES string of the molecule is CCCCCCCCCCCCS(=O)(=O)c1ccc2nn(-c3cc(C)cc(C(C)(C)C)c3O)nc2c1. The van der Waals surface area contributed by atoms with Gasteiger partial charge in [0.15, 0.2) is 9.84 Å². The third kappa shape index (κ3) is 7.31. The van der Waals surface area contributed by atoms with Crippen molar-refractivity contribution in [3.05, 3.63) is 41.5 Å². The molecule has 2 aromatic carbocycles. The van der Waals surface area contributed by atoms with Crippen molar-refractivity contribution < 1.29 is 13.5 Å². The summed E-state index contributed by atoms with van der Waals surface area (Å²) in [4.78, 5) is 1.68. The largest absolute Gasteiger partial charge is 0.505 e. The zero-order valence-corrected chi connectivity index (χ0v) is 23.5. The first kappa shape index (κ1) is 28.2. The van der Waals surface area contributed by atoms with Gasteiger partial charge in [0.1, 0.15) is 22.5 Å². The summed E-state index contributed by atoms with van der Waals surface area (Å²) in [5, 5.41) is 20.0. The second kappa shape index (κ2) is 12.2. The Morgan fingerprint density at radius 1 is 0.833 bits per heavy atom. The maximum atomic E-state index is 12.9. The van der Waals surface area contributed by atoms with E-state index in [9.17, 15) is 13.5 Å². The highest BCUT2D eigenvalue weighted by atomic mass is 32.2. The van der Waals surface area contributed by atoms with E-state index >= 15 is 0 Å². The average molecular weight is 514 g/mol. The number of benzene rings is 2. The van der Waals surface area contributed by atoms with E-state index in [2.05, 4.69) is 17.1 Å². The van der Waals surface area contributed by atoms with E-state index < -0.39 is 9.84 Å². The van der Waals surface area contributed by atoms with Crippen molar-refractivity contribution in [1.82, 2.24) is 15.0 Å². The molecule has 36 heavy (non-hydrogen) atoms. The molecule has 198 valence electrons. The van der Waals surface area contributed by atoms with Crippen molar-refractivity contribution in [3.63, 3.8) is 0 Å². The zero-order valence-electron chi connectivity index (χ0n) is 22.7. The third-order valence-corrected chi connectivity index (χ3v) is 8.53. The van der Waals surface area contributed by atoms with Crippen molar-refractivity contribution in [2.75, 3.05) is 5.75 Å². The summed E-state index contributed by atoms with van der Waals surface area (Å²) in [6.45, 7) is 10.3. The first-order valence-electron chi connectivity index (χ1n) is 13.5. The molecule has 0 unspecified atom stereocenters. The fraction of sp³-hybridized carbons (Fsp3) is 0.586. The van der Waals surface area contributed by atoms with Gasteiger partial charge in [-0.15, -0.1) is 15.0 Å². The molecular weight excluding hydrogens is 470 g/mol. The summed E-state index contributed by atoms with van der Waals surface area (Å²) in [5.74, 6) is 0.290. The zero-order chi connectivity index (χ0) is 26.3. The lowest BCUT2D eigenvalue weighted by Crippen LogP contribution is -2.13. The molecule has 1 aromatic heterocycles. The van der Waals surface area contributed by atoms with E-state index in [-0.39, 0.29) is 21.8 Å². The van der Waals surface area contributed by atoms with Crippen LogP contribution in [0.3, 0.4) is 0 Å². The van der Waals surface area contributed by atoms with Gasteiger partial charge in [0.25, 0.3) is 0 Å². The molecule has 3 rings (SSSR count). The highest BCUT2D eigenvalue weighted by Gasteiger charge is 2.23. The number of aryl methyl sites for hydroxylation is 1. The molecule has 0 saturated carbocycles. The Hall–Kier alpha value is -2.41. The molecule has 0 bridgehead atoms. The molecule has 0 aliphatic carbocycles. The molecule has 0 aliphatic rings. The van der Waals surface area contributed by atoms with Crippen LogP contribution in [-0.2, 0) is 15.3 Å². The molecule has 0 atom stereocenters. The first-order valence-corrected chi connectivity index (χ1v) is 15.1. The van der Waals surface area contributed by atoms with Crippen LogP contribution in [0.4, 0.5) is 0 Å². The molecule has 0 aliphatic heterocycles. The predicted molar refractivity (Wildman–Crippen MR) is 148 cm³/mol. The summed E-state index contributed by atoms with van der Waals surface area (Å²) in [6, 6.07) is 8.72. The first-order chi connectivity index (χ1) is 17.0. The molecule has 0 amide bonds. The Bertz CT molecular complexity index is 1260. The van der Waals surface area contributed by atoms with Gasteiger partial charge in [-0.25, -0.2) is 8.42 Å². The molecule has 1 N–H and O–H groups in total. The van der Waals surface area contributed by atoms with Crippen molar-refractivity contribution >= 4 is 20.9 Å². The number of fused-ring (bicyclic) bond motifs is 1. The molecule has 1 heterocycles. The molecule has 0 radical (unpaired) electrons. The van der Waals surface area contributed by atoms with Crippen LogP contribution >= 0.6 is 0 Å². The summed E-state index contributed by atoms with van der Waals surface area (Å²) in [5.41, 5.74) is 3.15. The van der Waals surface area contributed by atoms with Crippen LogP contribution in [0.1, 0.15) is 103 Å². The normalized spacial score (nSPS) is 12.5. The van der Waals surface area contributed by atoms with Crippen molar-refractivity contribution in [3.8, 4) is 11.4 Å². The van der Waals surface area contributed by atoms with Gasteiger partial charge in [-0.1, -0.05) is 91.5 Å². The van der Waals surface area contributed by atoms with Crippen LogP contribution in [0.2, 0.25) is 0 Å². The minimum absolute atomic E-state index is 0.141. The second-order valence-electron chi connectivity index (χ2n) is 11.1. The quantitative estimate of drug-likeness (QED) is 0.240. The van der Waals surface area contributed by atoms with E-state index in [0.29, 0.717) is 23.1 Å². The van der Waals surface area contributed by atoms with Gasteiger partial charge in [0, 0.05) is 5.56 Å². The van der Waals surface area contributed by atoms with E-state index in [1.807, 2.05) is 39.8 Å². The molecule has 7 heteroatoms. The Labute approximate surface area is 217 Å². The van der Waals surface area contributed by atoms with Crippen LogP contribution in [-0.4, -0.2) is 34.3 Å². The average Bonchev–Trinajstić information content (AvgIpc) is 3.24. The number of aromatic nitrogens is 3. The number of phenolic OH excluding ortho intramolecular Hbond substituents is 1. The number of unbranched alkanes of at least 4 members (excludes halogenated alkanes) is 9. The molecular formula is C29H43N3O3S. The minimum atomic E-state index is -3.38. The van der Waals surface area contributed by atoms with Gasteiger partial charge in [-0.2, -0.15) is 0 Å². The molecule has 3 aromatic rings. The lowest BCUT2D eigenvalue weighted by molar-refractivity contribution is 0.440. The number of nitrogens with zero attached hydrogens (tertiary/aromatic N) is 3. The standard InChI is InChI=1S/C29H43N3O3S/c1-6-7-8-9-10-11-12-13-14-15-18-36(34,35)23-16-17-25-26(21-23)31-32(30-25)27-20-22(2)19-24(28(27)33)29(3,4)5/h16-17,19-21,33H,6-15,18H2,1-5H3. The monoisotopic (exact) mass is 513 g/mol. The molecule has 0 saturated heterocycles. The number of hydrogen-bond acceptors (Lipinski definition) is 5. The number of sulfone groups is 1. The van der Waals surface area contributed by atoms with Crippen LogP contribution in [0.5, 0.6) is 5.75 Å². The minimum Gasteiger partial charge on any atom is -0.505 e. The predicted octanol–water partition coefficient (Wildman–Crippen LogP) is 7.43. The fourth-order valence-electron chi connectivity index (χ4n) is 4.58. The molecule has 0 fully saturated rings. The van der Waals surface area contributed by atoms with E-state index in [1.165, 1.54) is 49.7 Å². The topological polar surface area (TPSA) is 85.1 Å². The summed E-state index contributed by atoms with van der Waals surface area (Å²) >= 11 is 0. The van der Waals surface area contributed by atoms with Crippen molar-refractivity contribution in [2.24, 2.45) is 0 Å². The summed E-state index contributed by atoms with van der Waals surface area (Å²) < 4.78 is 25.9. The van der Waals surface area contributed by atoms with Gasteiger partial charge < -0.3 is 5.11 Å². The van der Waals surface area contributed by atoms with E-state index in [0.717, 1.165) is 24.0 Å². The van der Waals surface area contributed by atoms with Gasteiger partial charge in [0.2, 0.25) is 0 Å². The highest BCUT2D eigenvalue weighted by Crippen LogP contribution is 2.36. The molecule has 0 spiro atoms. The number of phenols is 1. The fourth-order valence-corrected chi connectivity index (χ4v) is 5.96. The number of hydrogen-bond donors (Lipinski definition) is 1. The Morgan fingerprint density at radius 3 is 2.03 bits per heavy atom. The Kier molecular flexibility index (Phi) is 9.56. The number of rotatable bonds is 13. The molecule has 6 nitrogen and oxygen atoms in total. The lowest BCUT2D eigenvalue weighted by Gasteiger charge is -2.22. The van der Waals surface area contributed by atoms with Gasteiger partial charge >= 0.3 is 0 Å². The summed E-state index contributed by atoms with van der Waals surface area (Å²) in [6.07, 6.45) is 11.7. The smallest absolute Gasteiger partial charge is 0.178 e. The Balaban J connectivity index is 1.65. The van der Waals surface area contributed by atoms with Crippen LogP contribution in [0, 0.1) is 6.92 Å². The van der Waals surface area contributed by atoms with E-state index in [1.54, 1.807) is 18.2 Å². The summed E-state index contributed by atoms with van der Waals surface area (Å²) in [7, 11) is -3.38. The van der Waals surface area contributed by atoms with Crippen LogP contribution < -0.4 is 0 Å². The maximum absolute atomic E-state index is 12.9. The van der Waals surface area contributed by atoms with Crippen LogP contribution in [0.25, 0.3) is 16.7 Å². The van der Waals surface area contributed by atoms with Gasteiger partial charge in [-0.05, 0) is 48.6 Å². The van der Waals surface area contributed by atoms with E-state index in [4.69, 9.17) is 0 Å². The van der Waals surface area contributed by atoms with Crippen molar-refractivity contribution in [2.45, 2.75) is 109 Å². The second-order valence-corrected chi connectivity index (χ2v) is 13.2. The maximum Gasteiger partial charge on any atom is 0.178 e.